The summed E-state index contributed by atoms with van der Waals surface area (Å²) in [4.78, 5) is 0.512. The highest BCUT2D eigenvalue weighted by atomic mass is 32.2. The number of aryl methyl sites for hydroxylation is 1. The van der Waals surface area contributed by atoms with Gasteiger partial charge in [0.25, 0.3) is 0 Å². The maximum Gasteiger partial charge on any atom is 0.243 e. The molecule has 0 unspecified atom stereocenters. The Balaban J connectivity index is 3.05. The van der Waals surface area contributed by atoms with Gasteiger partial charge >= 0.3 is 0 Å². The molecule has 1 rings (SSSR count). The maximum atomic E-state index is 12.6. The Kier molecular flexibility index (Phi) is 6.73. The van der Waals surface area contributed by atoms with E-state index in [1.807, 2.05) is 6.92 Å². The monoisotopic (exact) mass is 330 g/mol. The molecule has 7 heteroatoms. The molecule has 0 bridgehead atoms. The largest absolute Gasteiger partial charge is 0.389 e. The van der Waals surface area contributed by atoms with Crippen LogP contribution in [0.1, 0.15) is 25.0 Å². The van der Waals surface area contributed by atoms with Gasteiger partial charge < -0.3 is 10.5 Å². The minimum atomic E-state index is -3.53. The molecule has 21 heavy (non-hydrogen) atoms. The van der Waals surface area contributed by atoms with Crippen LogP contribution in [-0.4, -0.2) is 44.0 Å². The average molecular weight is 330 g/mol. The molecule has 0 fully saturated rings. The minimum absolute atomic E-state index is 0.248. The van der Waals surface area contributed by atoms with Crippen LogP contribution in [0.25, 0.3) is 0 Å². The van der Waals surface area contributed by atoms with Crippen molar-refractivity contribution in [2.45, 2.75) is 25.7 Å². The number of ether oxygens (including phenoxy) is 1. The fourth-order valence-electron chi connectivity index (χ4n) is 1.98. The van der Waals surface area contributed by atoms with E-state index in [2.05, 4.69) is 0 Å². The van der Waals surface area contributed by atoms with Gasteiger partial charge in [-0.2, -0.15) is 4.31 Å². The van der Waals surface area contributed by atoms with Crippen molar-refractivity contribution in [2.75, 3.05) is 26.3 Å². The second kappa shape index (κ2) is 7.84. The lowest BCUT2D eigenvalue weighted by atomic mass is 10.1. The summed E-state index contributed by atoms with van der Waals surface area (Å²) in [6, 6.07) is 4.80. The third-order valence-electron chi connectivity index (χ3n) is 3.14. The Morgan fingerprint density at radius 1 is 1.38 bits per heavy atom. The van der Waals surface area contributed by atoms with Gasteiger partial charge in [0.05, 0.1) is 11.5 Å². The van der Waals surface area contributed by atoms with Crippen LogP contribution in [0.4, 0.5) is 0 Å². The van der Waals surface area contributed by atoms with E-state index in [4.69, 9.17) is 22.7 Å². The van der Waals surface area contributed by atoms with E-state index in [0.717, 1.165) is 5.56 Å². The number of rotatable bonds is 8. The number of likely N-dealkylation sites (N-methyl/N-ethyl adjacent to an activating group) is 1. The zero-order valence-electron chi connectivity index (χ0n) is 12.6. The van der Waals surface area contributed by atoms with Crippen molar-refractivity contribution in [3.8, 4) is 0 Å². The average Bonchev–Trinajstić information content (AvgIpc) is 2.42. The van der Waals surface area contributed by atoms with Crippen molar-refractivity contribution in [2.24, 2.45) is 5.73 Å². The first-order chi connectivity index (χ1) is 9.84. The van der Waals surface area contributed by atoms with Gasteiger partial charge in [-0.05, 0) is 31.5 Å². The van der Waals surface area contributed by atoms with E-state index in [0.29, 0.717) is 31.9 Å². The summed E-state index contributed by atoms with van der Waals surface area (Å²) >= 11 is 4.93. The quantitative estimate of drug-likeness (QED) is 0.580. The third kappa shape index (κ3) is 4.47. The molecular formula is C14H22N2O3S2. The minimum Gasteiger partial charge on any atom is -0.389 e. The number of sulfonamides is 1. The van der Waals surface area contributed by atoms with Gasteiger partial charge in [-0.3, -0.25) is 0 Å². The van der Waals surface area contributed by atoms with Gasteiger partial charge in [0, 0.05) is 25.3 Å². The summed E-state index contributed by atoms with van der Waals surface area (Å²) in [5, 5.41) is 0. The Morgan fingerprint density at radius 2 is 2.05 bits per heavy atom. The SMILES string of the molecule is CCOCCN(CC)S(=O)(=O)c1ccc(C(N)=S)c(C)c1. The van der Waals surface area contributed by atoms with E-state index in [1.165, 1.54) is 4.31 Å². The standard InChI is InChI=1S/C14H22N2O3S2/c1-4-16(8-9-19-5-2)21(17,18)12-6-7-13(14(15)20)11(3)10-12/h6-7,10H,4-5,8-9H2,1-3H3,(H2,15,20). The van der Waals surface area contributed by atoms with Gasteiger partial charge in [0.15, 0.2) is 0 Å². The molecule has 0 amide bonds. The fraction of sp³-hybridized carbons (Fsp3) is 0.500. The van der Waals surface area contributed by atoms with Gasteiger partial charge in [-0.15, -0.1) is 0 Å². The van der Waals surface area contributed by atoms with E-state index >= 15 is 0 Å². The van der Waals surface area contributed by atoms with Crippen molar-refractivity contribution in [3.05, 3.63) is 29.3 Å². The van der Waals surface area contributed by atoms with Gasteiger partial charge in [-0.25, -0.2) is 8.42 Å². The Morgan fingerprint density at radius 3 is 2.52 bits per heavy atom. The van der Waals surface area contributed by atoms with Crippen LogP contribution in [-0.2, 0) is 14.8 Å². The molecule has 0 saturated heterocycles. The van der Waals surface area contributed by atoms with Crippen molar-refractivity contribution in [3.63, 3.8) is 0 Å². The van der Waals surface area contributed by atoms with E-state index < -0.39 is 10.0 Å². The van der Waals surface area contributed by atoms with E-state index in [9.17, 15) is 8.42 Å². The summed E-state index contributed by atoms with van der Waals surface area (Å²) in [6.45, 7) is 7.16. The summed E-state index contributed by atoms with van der Waals surface area (Å²) in [5.41, 5.74) is 7.05. The van der Waals surface area contributed by atoms with E-state index in [1.54, 1.807) is 32.0 Å². The Bertz CT molecular complexity index is 600. The lowest BCUT2D eigenvalue weighted by Gasteiger charge is -2.21. The van der Waals surface area contributed by atoms with Crippen molar-refractivity contribution in [1.82, 2.24) is 4.31 Å². The van der Waals surface area contributed by atoms with Crippen LogP contribution in [0.5, 0.6) is 0 Å². The molecule has 0 aromatic heterocycles. The summed E-state index contributed by atoms with van der Waals surface area (Å²) in [5.74, 6) is 0. The molecule has 0 heterocycles. The third-order valence-corrected chi connectivity index (χ3v) is 5.33. The van der Waals surface area contributed by atoms with Crippen molar-refractivity contribution in [1.29, 1.82) is 0 Å². The van der Waals surface area contributed by atoms with Crippen molar-refractivity contribution < 1.29 is 13.2 Å². The molecule has 0 spiro atoms. The lowest BCUT2D eigenvalue weighted by Crippen LogP contribution is -2.34. The molecule has 0 radical (unpaired) electrons. The smallest absolute Gasteiger partial charge is 0.243 e. The number of hydrogen-bond donors (Lipinski definition) is 1. The zero-order chi connectivity index (χ0) is 16.0. The first-order valence-corrected chi connectivity index (χ1v) is 8.67. The predicted molar refractivity (Wildman–Crippen MR) is 88.0 cm³/mol. The zero-order valence-corrected chi connectivity index (χ0v) is 14.3. The fourth-order valence-corrected chi connectivity index (χ4v) is 3.73. The molecule has 0 aliphatic carbocycles. The molecule has 0 aliphatic heterocycles. The summed E-state index contributed by atoms with van der Waals surface area (Å²) < 4.78 is 31.8. The molecule has 0 aliphatic rings. The molecule has 0 atom stereocenters. The highest BCUT2D eigenvalue weighted by molar-refractivity contribution is 7.89. The Labute approximate surface area is 132 Å². The van der Waals surface area contributed by atoms with Crippen LogP contribution in [0.3, 0.4) is 0 Å². The first kappa shape index (κ1) is 18.0. The van der Waals surface area contributed by atoms with Crippen LogP contribution < -0.4 is 5.73 Å². The van der Waals surface area contributed by atoms with Crippen molar-refractivity contribution >= 4 is 27.2 Å². The molecule has 118 valence electrons. The summed E-state index contributed by atoms with van der Waals surface area (Å²) in [7, 11) is -3.53. The molecule has 5 nitrogen and oxygen atoms in total. The second-order valence-electron chi connectivity index (χ2n) is 4.53. The van der Waals surface area contributed by atoms with Crippen LogP contribution in [0.2, 0.25) is 0 Å². The normalized spacial score (nSPS) is 11.8. The maximum absolute atomic E-state index is 12.6. The van der Waals surface area contributed by atoms with Gasteiger partial charge in [0.2, 0.25) is 10.0 Å². The predicted octanol–water partition coefficient (Wildman–Crippen LogP) is 1.68. The van der Waals surface area contributed by atoms with Crippen LogP contribution in [0, 0.1) is 6.92 Å². The van der Waals surface area contributed by atoms with Crippen LogP contribution in [0.15, 0.2) is 23.1 Å². The summed E-state index contributed by atoms with van der Waals surface area (Å²) in [6.07, 6.45) is 0. The molecule has 1 aromatic rings. The molecular weight excluding hydrogens is 308 g/mol. The van der Waals surface area contributed by atoms with Gasteiger partial charge in [0.1, 0.15) is 4.99 Å². The van der Waals surface area contributed by atoms with E-state index in [-0.39, 0.29) is 9.88 Å². The van der Waals surface area contributed by atoms with Crippen LogP contribution >= 0.6 is 12.2 Å². The molecule has 2 N–H and O–H groups in total. The number of hydrogen-bond acceptors (Lipinski definition) is 4. The second-order valence-corrected chi connectivity index (χ2v) is 6.91. The number of benzene rings is 1. The molecule has 1 aromatic carbocycles. The first-order valence-electron chi connectivity index (χ1n) is 6.82. The highest BCUT2D eigenvalue weighted by Gasteiger charge is 2.23. The lowest BCUT2D eigenvalue weighted by molar-refractivity contribution is 0.135. The van der Waals surface area contributed by atoms with Gasteiger partial charge in [-0.1, -0.05) is 25.2 Å². The topological polar surface area (TPSA) is 72.6 Å². The number of thiocarbonyl (C=S) groups is 1. The number of nitrogens with two attached hydrogens (primary N) is 1. The highest BCUT2D eigenvalue weighted by Crippen LogP contribution is 2.19. The Hall–Kier alpha value is -1.02. The number of nitrogens with zero attached hydrogens (tertiary/aromatic N) is 1. The molecule has 0 saturated carbocycles.